The van der Waals surface area contributed by atoms with Crippen LogP contribution in [0, 0.1) is 13.8 Å². The normalized spacial score (nSPS) is 12.4. The summed E-state index contributed by atoms with van der Waals surface area (Å²) in [5.74, 6) is -0.469. The van der Waals surface area contributed by atoms with E-state index < -0.39 is 36.6 Å². The molecule has 0 aliphatic heterocycles. The first-order valence-electron chi connectivity index (χ1n) is 12.9. The Bertz CT molecular complexity index is 2150. The van der Waals surface area contributed by atoms with Gasteiger partial charge >= 0.3 is 0 Å². The van der Waals surface area contributed by atoms with Crippen molar-refractivity contribution in [1.82, 2.24) is 0 Å². The Hall–Kier alpha value is -5.02. The predicted octanol–water partition coefficient (Wildman–Crippen LogP) is 8.23. The van der Waals surface area contributed by atoms with Gasteiger partial charge in [0, 0.05) is 16.8 Å². The molecule has 4 N–H and O–H groups in total. The molecule has 5 rings (SSSR count). The van der Waals surface area contributed by atoms with Gasteiger partial charge in [-0.3, -0.25) is 9.11 Å². The highest BCUT2D eigenvalue weighted by Gasteiger charge is 2.22. The first-order valence-corrected chi connectivity index (χ1v) is 15.8. The minimum absolute atomic E-state index is 0.266. The van der Waals surface area contributed by atoms with E-state index in [1.54, 1.807) is 44.2 Å². The van der Waals surface area contributed by atoms with Gasteiger partial charge < -0.3 is 10.4 Å². The number of aryl methyl sites for hydroxylation is 2. The molecule has 5 aromatic carbocycles. The van der Waals surface area contributed by atoms with Gasteiger partial charge in [0.2, 0.25) is 0 Å². The lowest BCUT2D eigenvalue weighted by Gasteiger charge is -2.11. The Morgan fingerprint density at radius 3 is 1.84 bits per heavy atom. The van der Waals surface area contributed by atoms with E-state index >= 15 is 0 Å². The average Bonchev–Trinajstić information content (AvgIpc) is 2.96. The van der Waals surface area contributed by atoms with Crippen molar-refractivity contribution in [3.63, 3.8) is 0 Å². The summed E-state index contributed by atoms with van der Waals surface area (Å²) in [6, 6.07) is 23.9. The summed E-state index contributed by atoms with van der Waals surface area (Å²) in [5, 5.41) is 31.4. The standard InChI is InChI=1S/C30H25N5O7S2/c1-18-14-24(15-19(2)28(18)34-32-22-8-11-25(12-9-22)43(37,38)39)33-35-29-27(44(40,41)42)17-20-16-23(10-13-26(20)30(29)36)31-21-6-4-3-5-7-21/h3-17,31,36H,1-2H3,(H,37,38,39)(H,40,41,42). The Labute approximate surface area is 253 Å². The molecule has 0 bridgehead atoms. The molecule has 0 fully saturated rings. The number of hydrogen-bond donors (Lipinski definition) is 4. The zero-order valence-electron chi connectivity index (χ0n) is 23.2. The zero-order valence-corrected chi connectivity index (χ0v) is 24.9. The number of phenolic OH excluding ortho intramolecular Hbond substituents is 1. The third kappa shape index (κ3) is 6.79. The fourth-order valence-electron chi connectivity index (χ4n) is 4.46. The van der Waals surface area contributed by atoms with Crippen LogP contribution in [0.4, 0.5) is 34.1 Å². The maximum atomic E-state index is 12.3. The second-order valence-corrected chi connectivity index (χ2v) is 12.6. The number of rotatable bonds is 8. The van der Waals surface area contributed by atoms with E-state index in [2.05, 4.69) is 25.8 Å². The topological polar surface area (TPSA) is 190 Å². The minimum atomic E-state index is -4.80. The number of benzene rings is 5. The summed E-state index contributed by atoms with van der Waals surface area (Å²) in [6.45, 7) is 3.50. The van der Waals surface area contributed by atoms with Gasteiger partial charge in [0.1, 0.15) is 10.6 Å². The van der Waals surface area contributed by atoms with E-state index in [1.807, 2.05) is 30.3 Å². The van der Waals surface area contributed by atoms with Gasteiger partial charge in [-0.15, -0.1) is 5.11 Å². The molecule has 14 heteroatoms. The molecule has 0 unspecified atom stereocenters. The monoisotopic (exact) mass is 631 g/mol. The van der Waals surface area contributed by atoms with Crippen LogP contribution in [-0.4, -0.2) is 31.0 Å². The summed E-state index contributed by atoms with van der Waals surface area (Å²) in [5.41, 5.74) is 3.50. The smallest absolute Gasteiger partial charge is 0.296 e. The maximum Gasteiger partial charge on any atom is 0.296 e. The van der Waals surface area contributed by atoms with Gasteiger partial charge in [-0.25, -0.2) is 0 Å². The van der Waals surface area contributed by atoms with E-state index in [-0.39, 0.29) is 4.90 Å². The molecule has 0 radical (unpaired) electrons. The molecule has 0 atom stereocenters. The first-order chi connectivity index (χ1) is 20.8. The summed E-state index contributed by atoms with van der Waals surface area (Å²) < 4.78 is 66.2. The molecular formula is C30H25N5O7S2. The van der Waals surface area contributed by atoms with Crippen LogP contribution >= 0.6 is 0 Å². The Kier molecular flexibility index (Phi) is 8.25. The summed E-state index contributed by atoms with van der Waals surface area (Å²) >= 11 is 0. The highest BCUT2D eigenvalue weighted by Crippen LogP contribution is 2.42. The van der Waals surface area contributed by atoms with Crippen LogP contribution in [0.5, 0.6) is 5.75 Å². The molecule has 0 saturated carbocycles. The van der Waals surface area contributed by atoms with Crippen molar-refractivity contribution in [3.8, 4) is 5.75 Å². The van der Waals surface area contributed by atoms with E-state index in [0.717, 1.165) is 5.69 Å². The van der Waals surface area contributed by atoms with Gasteiger partial charge in [0.25, 0.3) is 20.2 Å². The largest absolute Gasteiger partial charge is 0.505 e. The molecule has 44 heavy (non-hydrogen) atoms. The van der Waals surface area contributed by atoms with Gasteiger partial charge in [-0.05, 0) is 103 Å². The second-order valence-electron chi connectivity index (χ2n) is 9.77. The summed E-state index contributed by atoms with van der Waals surface area (Å²) in [7, 11) is -9.12. The predicted molar refractivity (Wildman–Crippen MR) is 166 cm³/mol. The fraction of sp³-hybridized carbons (Fsp3) is 0.0667. The molecule has 12 nitrogen and oxygen atoms in total. The number of nitrogens with zero attached hydrogens (tertiary/aromatic N) is 4. The van der Waals surface area contributed by atoms with Crippen molar-refractivity contribution in [1.29, 1.82) is 0 Å². The van der Waals surface area contributed by atoms with Crippen LogP contribution in [0.3, 0.4) is 0 Å². The number of aromatic hydroxyl groups is 1. The number of nitrogens with one attached hydrogen (secondary N) is 1. The van der Waals surface area contributed by atoms with Gasteiger partial charge in [-0.2, -0.15) is 32.2 Å². The number of para-hydroxylation sites is 1. The molecule has 0 amide bonds. The lowest BCUT2D eigenvalue weighted by Crippen LogP contribution is -1.99. The molecule has 0 spiro atoms. The van der Waals surface area contributed by atoms with Crippen molar-refractivity contribution in [2.75, 3.05) is 5.32 Å². The summed E-state index contributed by atoms with van der Waals surface area (Å²) in [6.07, 6.45) is 0. The Morgan fingerprint density at radius 2 is 1.23 bits per heavy atom. The van der Waals surface area contributed by atoms with Crippen molar-refractivity contribution in [2.45, 2.75) is 23.6 Å². The molecule has 0 aliphatic rings. The van der Waals surface area contributed by atoms with Crippen LogP contribution in [-0.2, 0) is 20.2 Å². The first kappa shape index (κ1) is 30.4. The third-order valence-electron chi connectivity index (χ3n) is 6.53. The van der Waals surface area contributed by atoms with Gasteiger partial charge in [-0.1, -0.05) is 18.2 Å². The van der Waals surface area contributed by atoms with Crippen LogP contribution in [0.25, 0.3) is 10.8 Å². The van der Waals surface area contributed by atoms with Crippen molar-refractivity contribution >= 4 is 65.1 Å². The highest BCUT2D eigenvalue weighted by molar-refractivity contribution is 7.86. The highest BCUT2D eigenvalue weighted by atomic mass is 32.2. The fourth-order valence-corrected chi connectivity index (χ4v) is 5.60. The lowest BCUT2D eigenvalue weighted by molar-refractivity contribution is 0.472. The quantitative estimate of drug-likeness (QED) is 0.0972. The number of fused-ring (bicyclic) bond motifs is 1. The SMILES string of the molecule is Cc1cc(N=Nc2c(S(=O)(=O)O)cc3cc(Nc4ccccc4)ccc3c2O)cc(C)c1N=Nc1ccc(S(=O)(=O)O)cc1. The van der Waals surface area contributed by atoms with Crippen LogP contribution in [0.1, 0.15) is 11.1 Å². The minimum Gasteiger partial charge on any atom is -0.505 e. The lowest BCUT2D eigenvalue weighted by atomic mass is 10.1. The summed E-state index contributed by atoms with van der Waals surface area (Å²) in [4.78, 5) is -0.875. The average molecular weight is 632 g/mol. The van der Waals surface area contributed by atoms with Crippen molar-refractivity contribution < 1.29 is 31.0 Å². The molecule has 0 saturated heterocycles. The zero-order chi connectivity index (χ0) is 31.6. The number of anilines is 2. The molecular weight excluding hydrogens is 606 g/mol. The molecule has 224 valence electrons. The second kappa shape index (κ2) is 11.9. The molecule has 0 aromatic heterocycles. The molecule has 0 heterocycles. The van der Waals surface area contributed by atoms with Crippen LogP contribution < -0.4 is 5.32 Å². The van der Waals surface area contributed by atoms with Crippen LogP contribution in [0.2, 0.25) is 0 Å². The maximum absolute atomic E-state index is 12.3. The third-order valence-corrected chi connectivity index (χ3v) is 8.27. The van der Waals surface area contributed by atoms with E-state index in [0.29, 0.717) is 44.6 Å². The van der Waals surface area contributed by atoms with E-state index in [4.69, 9.17) is 4.55 Å². The molecule has 5 aromatic rings. The van der Waals surface area contributed by atoms with Crippen molar-refractivity contribution in [2.24, 2.45) is 20.5 Å². The van der Waals surface area contributed by atoms with Gasteiger partial charge in [0.15, 0.2) is 5.75 Å². The Morgan fingerprint density at radius 1 is 0.614 bits per heavy atom. The van der Waals surface area contributed by atoms with E-state index in [1.165, 1.54) is 30.3 Å². The number of hydrogen-bond acceptors (Lipinski definition) is 10. The molecule has 0 aliphatic carbocycles. The number of azo groups is 2. The van der Waals surface area contributed by atoms with E-state index in [9.17, 15) is 26.5 Å². The van der Waals surface area contributed by atoms with Crippen molar-refractivity contribution in [3.05, 3.63) is 102 Å². The Balaban J connectivity index is 1.46. The van der Waals surface area contributed by atoms with Crippen LogP contribution in [0.15, 0.2) is 121 Å². The number of phenols is 1. The van der Waals surface area contributed by atoms with Gasteiger partial charge in [0.05, 0.1) is 22.0 Å².